The lowest BCUT2D eigenvalue weighted by molar-refractivity contribution is -0.115. The normalized spacial score (nSPS) is 16.9. The zero-order chi connectivity index (χ0) is 18.8. The molecule has 1 N–H and O–H groups in total. The number of benzene rings is 2. The van der Waals surface area contributed by atoms with Gasteiger partial charge in [0.15, 0.2) is 5.17 Å². The third kappa shape index (κ3) is 3.84. The quantitative estimate of drug-likeness (QED) is 0.571. The first-order valence-electron chi connectivity index (χ1n) is 8.30. The fourth-order valence-electron chi connectivity index (χ4n) is 2.62. The molecule has 2 aromatic carbocycles. The van der Waals surface area contributed by atoms with Gasteiger partial charge in [-0.3, -0.25) is 4.79 Å². The molecule has 1 aliphatic heterocycles. The number of carbonyl (C=O) groups is 1. The van der Waals surface area contributed by atoms with E-state index >= 15 is 0 Å². The van der Waals surface area contributed by atoms with Crippen LogP contribution in [0.3, 0.4) is 0 Å². The second-order valence-electron chi connectivity index (χ2n) is 5.93. The van der Waals surface area contributed by atoms with Gasteiger partial charge in [-0.15, -0.1) is 0 Å². The van der Waals surface area contributed by atoms with Crippen molar-refractivity contribution in [3.63, 3.8) is 0 Å². The number of rotatable bonds is 3. The van der Waals surface area contributed by atoms with E-state index in [4.69, 9.17) is 16.0 Å². The Kier molecular flexibility index (Phi) is 4.88. The first-order chi connectivity index (χ1) is 13.1. The second-order valence-corrected chi connectivity index (χ2v) is 7.37. The van der Waals surface area contributed by atoms with Gasteiger partial charge < -0.3 is 9.73 Å². The molecule has 1 aliphatic rings. The van der Waals surface area contributed by atoms with E-state index in [-0.39, 0.29) is 5.91 Å². The Bertz CT molecular complexity index is 1070. The van der Waals surface area contributed by atoms with Crippen molar-refractivity contribution in [3.05, 3.63) is 81.9 Å². The predicted molar refractivity (Wildman–Crippen MR) is 111 cm³/mol. The number of hydrogen-bond acceptors (Lipinski definition) is 4. The van der Waals surface area contributed by atoms with Gasteiger partial charge in [-0.25, -0.2) is 4.99 Å². The number of nitrogens with zero attached hydrogens (tertiary/aromatic N) is 1. The molecule has 3 aromatic rings. The van der Waals surface area contributed by atoms with Crippen molar-refractivity contribution in [2.75, 3.05) is 0 Å². The summed E-state index contributed by atoms with van der Waals surface area (Å²) in [6.45, 7) is 1.90. The highest BCUT2D eigenvalue weighted by Gasteiger charge is 2.24. The van der Waals surface area contributed by atoms with Crippen LogP contribution in [0.4, 0.5) is 5.69 Å². The largest absolute Gasteiger partial charge is 0.457 e. The fourth-order valence-corrected chi connectivity index (χ4v) is 3.61. The number of thioether (sulfide) groups is 1. The van der Waals surface area contributed by atoms with Gasteiger partial charge in [0.2, 0.25) is 0 Å². The van der Waals surface area contributed by atoms with Gasteiger partial charge in [0.05, 0.1) is 10.6 Å². The van der Waals surface area contributed by atoms with Gasteiger partial charge in [0.1, 0.15) is 11.5 Å². The number of nitrogens with one attached hydrogen (secondary N) is 1. The lowest BCUT2D eigenvalue weighted by atomic mass is 10.2. The molecule has 1 amide bonds. The highest BCUT2D eigenvalue weighted by molar-refractivity contribution is 8.18. The number of hydrogen-bond donors (Lipinski definition) is 1. The minimum absolute atomic E-state index is 0.198. The third-order valence-electron chi connectivity index (χ3n) is 4.07. The monoisotopic (exact) mass is 394 g/mol. The Hall–Kier alpha value is -2.76. The minimum atomic E-state index is -0.198. The molecular formula is C21H15ClN2O2S. The first kappa shape index (κ1) is 17.6. The molecule has 0 saturated carbocycles. The van der Waals surface area contributed by atoms with E-state index in [1.807, 2.05) is 67.6 Å². The highest BCUT2D eigenvalue weighted by atomic mass is 35.5. The van der Waals surface area contributed by atoms with Crippen LogP contribution in [0.15, 0.2) is 75.0 Å². The second kappa shape index (κ2) is 7.47. The van der Waals surface area contributed by atoms with Crippen molar-refractivity contribution < 1.29 is 9.21 Å². The van der Waals surface area contributed by atoms with E-state index in [1.165, 1.54) is 11.8 Å². The summed E-state index contributed by atoms with van der Waals surface area (Å²) in [7, 11) is 0. The van der Waals surface area contributed by atoms with Crippen LogP contribution in [0.25, 0.3) is 17.4 Å². The van der Waals surface area contributed by atoms with Crippen LogP contribution >= 0.6 is 23.4 Å². The van der Waals surface area contributed by atoms with Crippen LogP contribution in [-0.4, -0.2) is 11.1 Å². The van der Waals surface area contributed by atoms with Crippen LogP contribution in [-0.2, 0) is 4.79 Å². The van der Waals surface area contributed by atoms with Crippen LogP contribution in [0.2, 0.25) is 5.02 Å². The molecular weight excluding hydrogens is 380 g/mol. The van der Waals surface area contributed by atoms with E-state index in [2.05, 4.69) is 10.3 Å². The molecule has 1 saturated heterocycles. The summed E-state index contributed by atoms with van der Waals surface area (Å²) in [6.07, 6.45) is 1.72. The Labute approximate surface area is 166 Å². The van der Waals surface area contributed by atoms with E-state index in [1.54, 1.807) is 6.08 Å². The van der Waals surface area contributed by atoms with Crippen molar-refractivity contribution in [2.24, 2.45) is 4.99 Å². The molecule has 0 aliphatic carbocycles. The van der Waals surface area contributed by atoms with Gasteiger partial charge in [0, 0.05) is 16.7 Å². The van der Waals surface area contributed by atoms with Crippen molar-refractivity contribution in [1.82, 2.24) is 5.32 Å². The average molecular weight is 395 g/mol. The van der Waals surface area contributed by atoms with Crippen LogP contribution in [0.1, 0.15) is 11.3 Å². The number of carbonyl (C=O) groups excluding carboxylic acids is 1. The number of halogens is 1. The predicted octanol–water partition coefficient (Wildman–Crippen LogP) is 5.80. The van der Waals surface area contributed by atoms with Crippen molar-refractivity contribution >= 4 is 46.2 Å². The zero-order valence-corrected chi connectivity index (χ0v) is 16.0. The topological polar surface area (TPSA) is 54.6 Å². The summed E-state index contributed by atoms with van der Waals surface area (Å²) in [5, 5.41) is 3.94. The molecule has 4 nitrogen and oxygen atoms in total. The third-order valence-corrected chi connectivity index (χ3v) is 5.39. The maximum Gasteiger partial charge on any atom is 0.264 e. The smallest absolute Gasteiger partial charge is 0.264 e. The molecule has 0 unspecified atom stereocenters. The van der Waals surface area contributed by atoms with Gasteiger partial charge in [-0.05, 0) is 48.5 Å². The van der Waals surface area contributed by atoms with Crippen molar-refractivity contribution in [3.8, 4) is 11.3 Å². The Balaban J connectivity index is 1.57. The van der Waals surface area contributed by atoms with Crippen LogP contribution in [0, 0.1) is 6.92 Å². The number of amides is 1. The lowest BCUT2D eigenvalue weighted by Gasteiger charge is -2.02. The van der Waals surface area contributed by atoms with E-state index in [9.17, 15) is 4.79 Å². The van der Waals surface area contributed by atoms with Crippen LogP contribution in [0.5, 0.6) is 0 Å². The molecule has 0 spiro atoms. The molecule has 0 bridgehead atoms. The maximum atomic E-state index is 12.3. The minimum Gasteiger partial charge on any atom is -0.457 e. The maximum absolute atomic E-state index is 12.3. The summed E-state index contributed by atoms with van der Waals surface area (Å²) in [5.74, 6) is 1.18. The molecule has 1 aromatic heterocycles. The number of amidine groups is 1. The standard InChI is InChI=1S/C21H15ClN2O2S/c1-13-16(22)8-5-9-17(13)23-21-24-20(25)19(27-21)12-15-10-11-18(26-15)14-6-3-2-4-7-14/h2-12H,1H3,(H,23,24,25)/b19-12+. The molecule has 6 heteroatoms. The molecule has 0 atom stereocenters. The zero-order valence-electron chi connectivity index (χ0n) is 14.4. The molecule has 1 fully saturated rings. The lowest BCUT2D eigenvalue weighted by Crippen LogP contribution is -2.19. The summed E-state index contributed by atoms with van der Waals surface area (Å²) < 4.78 is 5.84. The summed E-state index contributed by atoms with van der Waals surface area (Å²) >= 11 is 7.41. The van der Waals surface area contributed by atoms with Gasteiger partial charge in [-0.2, -0.15) is 0 Å². The molecule has 134 valence electrons. The van der Waals surface area contributed by atoms with Gasteiger partial charge in [-0.1, -0.05) is 48.0 Å². The number of furan rings is 1. The Morgan fingerprint density at radius 3 is 2.70 bits per heavy atom. The Morgan fingerprint density at radius 2 is 1.89 bits per heavy atom. The molecule has 4 rings (SSSR count). The molecule has 2 heterocycles. The fraction of sp³-hybridized carbons (Fsp3) is 0.0476. The Morgan fingerprint density at radius 1 is 1.07 bits per heavy atom. The SMILES string of the molecule is Cc1c(Cl)cccc1N=C1NC(=O)/C(=C\c2ccc(-c3ccccc3)o2)S1. The number of aliphatic imine (C=N–C) groups is 1. The molecule has 0 radical (unpaired) electrons. The first-order valence-corrected chi connectivity index (χ1v) is 9.49. The van der Waals surface area contributed by atoms with Gasteiger partial charge in [0.25, 0.3) is 5.91 Å². The van der Waals surface area contributed by atoms with Crippen molar-refractivity contribution in [2.45, 2.75) is 6.92 Å². The van der Waals surface area contributed by atoms with Crippen molar-refractivity contribution in [1.29, 1.82) is 0 Å². The van der Waals surface area contributed by atoms with E-state index < -0.39 is 0 Å². The van der Waals surface area contributed by atoms with E-state index in [0.717, 1.165) is 22.6 Å². The molecule has 27 heavy (non-hydrogen) atoms. The summed E-state index contributed by atoms with van der Waals surface area (Å²) in [4.78, 5) is 17.3. The van der Waals surface area contributed by atoms with E-state index in [0.29, 0.717) is 20.9 Å². The van der Waals surface area contributed by atoms with Gasteiger partial charge >= 0.3 is 0 Å². The summed E-state index contributed by atoms with van der Waals surface area (Å²) in [5.41, 5.74) is 2.60. The highest BCUT2D eigenvalue weighted by Crippen LogP contribution is 2.32. The van der Waals surface area contributed by atoms with Crippen LogP contribution < -0.4 is 5.32 Å². The summed E-state index contributed by atoms with van der Waals surface area (Å²) in [6, 6.07) is 19.1. The average Bonchev–Trinajstić information content (AvgIpc) is 3.27.